The summed E-state index contributed by atoms with van der Waals surface area (Å²) in [6, 6.07) is 9.72. The molecule has 0 spiro atoms. The Morgan fingerprint density at radius 1 is 1.00 bits per heavy atom. The maximum absolute atomic E-state index is 12.1. The van der Waals surface area contributed by atoms with Gasteiger partial charge in [-0.15, -0.1) is 24.2 Å². The maximum atomic E-state index is 12.1. The van der Waals surface area contributed by atoms with E-state index >= 15 is 0 Å². The second kappa shape index (κ2) is 10.8. The van der Waals surface area contributed by atoms with Crippen LogP contribution in [0, 0.1) is 0 Å². The van der Waals surface area contributed by atoms with Crippen LogP contribution in [0.3, 0.4) is 0 Å². The highest BCUT2D eigenvalue weighted by Gasteiger charge is 2.20. The second-order valence-corrected chi connectivity index (χ2v) is 7.83. The van der Waals surface area contributed by atoms with Crippen LogP contribution in [0.4, 0.5) is 5.82 Å². The number of hydrogen-bond donors (Lipinski definition) is 0. The van der Waals surface area contributed by atoms with Crippen molar-refractivity contribution >= 4 is 30.0 Å². The van der Waals surface area contributed by atoms with E-state index in [-0.39, 0.29) is 23.7 Å². The molecule has 9 heteroatoms. The van der Waals surface area contributed by atoms with Crippen molar-refractivity contribution in [3.63, 3.8) is 0 Å². The third kappa shape index (κ3) is 5.81. The fourth-order valence-electron chi connectivity index (χ4n) is 3.38. The molecular formula is C20H29ClN4O3S. The summed E-state index contributed by atoms with van der Waals surface area (Å²) in [5, 5.41) is 0. The summed E-state index contributed by atoms with van der Waals surface area (Å²) in [6.07, 6.45) is 3.03. The van der Waals surface area contributed by atoms with Gasteiger partial charge in [-0.1, -0.05) is 0 Å². The molecule has 29 heavy (non-hydrogen) atoms. The van der Waals surface area contributed by atoms with Crippen LogP contribution < -0.4 is 20.9 Å². The highest BCUT2D eigenvalue weighted by atomic mass is 35.5. The smallest absolute Gasteiger partial charge is 0.332 e. The lowest BCUT2D eigenvalue weighted by Crippen LogP contribution is -2.49. The van der Waals surface area contributed by atoms with E-state index in [0.29, 0.717) is 12.4 Å². The fraction of sp³-hybridized carbons (Fsp3) is 0.500. The molecule has 0 radical (unpaired) electrons. The van der Waals surface area contributed by atoms with Gasteiger partial charge < -0.3 is 9.64 Å². The number of ether oxygens (including phenoxy) is 1. The molecule has 1 aromatic heterocycles. The molecule has 0 atom stereocenters. The summed E-state index contributed by atoms with van der Waals surface area (Å²) in [6.45, 7) is 5.10. The summed E-state index contributed by atoms with van der Waals surface area (Å²) in [5.74, 6) is 1.61. The number of anilines is 1. The van der Waals surface area contributed by atoms with E-state index in [0.717, 1.165) is 49.5 Å². The van der Waals surface area contributed by atoms with Crippen LogP contribution in [0.5, 0.6) is 5.75 Å². The summed E-state index contributed by atoms with van der Waals surface area (Å²) in [4.78, 5) is 29.8. The van der Waals surface area contributed by atoms with Crippen molar-refractivity contribution in [2.75, 3.05) is 50.5 Å². The minimum atomic E-state index is -0.285. The third-order valence-electron chi connectivity index (χ3n) is 5.14. The first-order valence-corrected chi connectivity index (χ1v) is 10.7. The number of halogens is 1. The summed E-state index contributed by atoms with van der Waals surface area (Å²) >= 11 is 1.72. The zero-order valence-electron chi connectivity index (χ0n) is 17.2. The van der Waals surface area contributed by atoms with Crippen LogP contribution in [0.2, 0.25) is 0 Å². The molecule has 0 amide bonds. The van der Waals surface area contributed by atoms with Crippen LogP contribution in [0.25, 0.3) is 0 Å². The van der Waals surface area contributed by atoms with Crippen LogP contribution >= 0.6 is 24.2 Å². The topological polar surface area (TPSA) is 59.7 Å². The Morgan fingerprint density at radius 2 is 1.66 bits per heavy atom. The van der Waals surface area contributed by atoms with Crippen molar-refractivity contribution in [2.45, 2.75) is 11.3 Å². The Labute approximate surface area is 181 Å². The van der Waals surface area contributed by atoms with Crippen LogP contribution in [-0.2, 0) is 14.1 Å². The van der Waals surface area contributed by atoms with E-state index in [2.05, 4.69) is 28.2 Å². The van der Waals surface area contributed by atoms with Gasteiger partial charge in [0.15, 0.2) is 0 Å². The molecule has 160 valence electrons. The lowest BCUT2D eigenvalue weighted by atomic mass is 10.3. The van der Waals surface area contributed by atoms with Gasteiger partial charge in [0.25, 0.3) is 5.56 Å². The largest absolute Gasteiger partial charge is 0.494 e. The minimum Gasteiger partial charge on any atom is -0.494 e. The highest BCUT2D eigenvalue weighted by Crippen LogP contribution is 2.19. The quantitative estimate of drug-likeness (QED) is 0.483. The van der Waals surface area contributed by atoms with Gasteiger partial charge in [-0.25, -0.2) is 4.79 Å². The van der Waals surface area contributed by atoms with Crippen molar-refractivity contribution in [2.24, 2.45) is 14.1 Å². The van der Waals surface area contributed by atoms with Crippen molar-refractivity contribution in [1.29, 1.82) is 0 Å². The van der Waals surface area contributed by atoms with Gasteiger partial charge in [0.2, 0.25) is 0 Å². The van der Waals surface area contributed by atoms with Crippen LogP contribution in [0.1, 0.15) is 6.42 Å². The fourth-order valence-corrected chi connectivity index (χ4v) is 3.78. The predicted molar refractivity (Wildman–Crippen MR) is 121 cm³/mol. The monoisotopic (exact) mass is 440 g/mol. The summed E-state index contributed by atoms with van der Waals surface area (Å²) in [7, 11) is 3.22. The minimum absolute atomic E-state index is 0. The molecule has 2 aromatic rings. The SMILES string of the molecule is CSc1ccc(OCCCN2CCN(c3cc(=O)n(C)c(=O)n3C)CC2)cc1.Cl. The molecule has 3 rings (SSSR count). The zero-order chi connectivity index (χ0) is 20.1. The molecule has 0 bridgehead atoms. The van der Waals surface area contributed by atoms with Crippen molar-refractivity contribution < 1.29 is 4.74 Å². The average molecular weight is 441 g/mol. The number of rotatable bonds is 7. The number of hydrogen-bond acceptors (Lipinski definition) is 6. The van der Waals surface area contributed by atoms with Gasteiger partial charge in [0.05, 0.1) is 6.61 Å². The average Bonchev–Trinajstić information content (AvgIpc) is 2.73. The van der Waals surface area contributed by atoms with Gasteiger partial charge >= 0.3 is 5.69 Å². The predicted octanol–water partition coefficient (Wildman–Crippen LogP) is 1.82. The van der Waals surface area contributed by atoms with Crippen molar-refractivity contribution in [3.8, 4) is 5.75 Å². The molecule has 1 aliphatic heterocycles. The Hall–Kier alpha value is -1.90. The van der Waals surface area contributed by atoms with Gasteiger partial charge in [-0.05, 0) is 36.9 Å². The van der Waals surface area contributed by atoms with Crippen LogP contribution in [0.15, 0.2) is 44.8 Å². The lowest BCUT2D eigenvalue weighted by Gasteiger charge is -2.36. The number of aromatic nitrogens is 2. The summed E-state index contributed by atoms with van der Waals surface area (Å²) < 4.78 is 8.50. The van der Waals surface area contributed by atoms with Crippen molar-refractivity contribution in [1.82, 2.24) is 14.0 Å². The normalized spacial score (nSPS) is 14.5. The van der Waals surface area contributed by atoms with E-state index in [1.165, 1.54) is 11.9 Å². The van der Waals surface area contributed by atoms with E-state index in [1.807, 2.05) is 12.1 Å². The molecule has 7 nitrogen and oxygen atoms in total. The molecule has 0 unspecified atom stereocenters. The Morgan fingerprint density at radius 3 is 2.28 bits per heavy atom. The van der Waals surface area contributed by atoms with E-state index in [4.69, 9.17) is 4.74 Å². The molecule has 1 aliphatic rings. The highest BCUT2D eigenvalue weighted by molar-refractivity contribution is 7.98. The Balaban J connectivity index is 0.00000300. The maximum Gasteiger partial charge on any atom is 0.332 e. The van der Waals surface area contributed by atoms with Crippen LogP contribution in [-0.4, -0.2) is 59.6 Å². The molecule has 1 fully saturated rings. The molecule has 1 aromatic carbocycles. The van der Waals surface area contributed by atoms with E-state index in [9.17, 15) is 9.59 Å². The standard InChI is InChI=1S/C20H28N4O3S.ClH/c1-21-18(15-19(25)22(2)20(21)26)24-12-10-23(11-13-24)9-4-14-27-16-5-7-17(28-3)8-6-16;/h5-8,15H,4,9-14H2,1-3H3;1H. The summed E-state index contributed by atoms with van der Waals surface area (Å²) in [5.41, 5.74) is -0.545. The number of thioether (sulfide) groups is 1. The molecule has 0 saturated carbocycles. The third-order valence-corrected chi connectivity index (χ3v) is 5.89. The number of benzene rings is 1. The van der Waals surface area contributed by atoms with Gasteiger partial charge in [-0.2, -0.15) is 0 Å². The van der Waals surface area contributed by atoms with E-state index < -0.39 is 0 Å². The van der Waals surface area contributed by atoms with E-state index in [1.54, 1.807) is 29.4 Å². The number of nitrogens with zero attached hydrogens (tertiary/aromatic N) is 4. The Bertz CT molecular complexity index is 905. The molecule has 0 N–H and O–H groups in total. The first-order valence-electron chi connectivity index (χ1n) is 9.51. The first-order chi connectivity index (χ1) is 13.5. The Kier molecular flexibility index (Phi) is 8.67. The molecule has 1 saturated heterocycles. The number of piperazine rings is 1. The molecule has 0 aliphatic carbocycles. The second-order valence-electron chi connectivity index (χ2n) is 6.95. The first kappa shape index (κ1) is 23.4. The van der Waals surface area contributed by atoms with Gasteiger partial charge in [0, 0.05) is 57.8 Å². The zero-order valence-corrected chi connectivity index (χ0v) is 18.8. The molecule has 2 heterocycles. The van der Waals surface area contributed by atoms with Crippen molar-refractivity contribution in [3.05, 3.63) is 51.2 Å². The lowest BCUT2D eigenvalue weighted by molar-refractivity contribution is 0.224. The van der Waals surface area contributed by atoms with Gasteiger partial charge in [-0.3, -0.25) is 18.8 Å². The van der Waals surface area contributed by atoms with Gasteiger partial charge in [0.1, 0.15) is 11.6 Å². The molecular weight excluding hydrogens is 412 g/mol.